The molecule has 3 nitrogen and oxygen atoms in total. The molecule has 0 fully saturated rings. The summed E-state index contributed by atoms with van der Waals surface area (Å²) in [6, 6.07) is 1.08. The van der Waals surface area contributed by atoms with E-state index < -0.39 is 17.6 Å². The number of carbonyl (C=O) groups is 1. The van der Waals surface area contributed by atoms with Crippen LogP contribution in [0.3, 0.4) is 0 Å². The average Bonchev–Trinajstić information content (AvgIpc) is 2.26. The molecule has 1 aromatic heterocycles. The van der Waals surface area contributed by atoms with Crippen LogP contribution in [-0.2, 0) is 6.18 Å². The fraction of sp³-hybridized carbons (Fsp3) is 0.500. The second-order valence-electron chi connectivity index (χ2n) is 4.29. The highest BCUT2D eigenvalue weighted by atomic mass is 19.4. The first-order valence-corrected chi connectivity index (χ1v) is 5.40. The fourth-order valence-corrected chi connectivity index (χ4v) is 1.45. The zero-order valence-electron chi connectivity index (χ0n) is 10.3. The van der Waals surface area contributed by atoms with Gasteiger partial charge in [0.05, 0.1) is 7.11 Å². The van der Waals surface area contributed by atoms with E-state index in [0.717, 1.165) is 19.4 Å². The third-order valence-corrected chi connectivity index (χ3v) is 2.26. The molecule has 1 heterocycles. The van der Waals surface area contributed by atoms with Crippen LogP contribution in [0.4, 0.5) is 13.2 Å². The summed E-state index contributed by atoms with van der Waals surface area (Å²) < 4.78 is 42.3. The molecule has 0 unspecified atom stereocenters. The van der Waals surface area contributed by atoms with E-state index in [1.165, 1.54) is 0 Å². The van der Waals surface area contributed by atoms with Crippen LogP contribution in [0.1, 0.15) is 36.3 Å². The Labute approximate surface area is 103 Å². The fourth-order valence-electron chi connectivity index (χ4n) is 1.45. The minimum Gasteiger partial charge on any atom is -0.494 e. The maximum absolute atomic E-state index is 12.6. The Morgan fingerprint density at radius 3 is 2.50 bits per heavy atom. The van der Waals surface area contributed by atoms with Gasteiger partial charge in [0.1, 0.15) is 5.75 Å². The summed E-state index contributed by atoms with van der Waals surface area (Å²) in [6.45, 7) is 3.71. The predicted octanol–water partition coefficient (Wildman–Crippen LogP) is 3.34. The third kappa shape index (κ3) is 3.45. The number of methoxy groups -OCH3 is 1. The minimum atomic E-state index is -4.59. The van der Waals surface area contributed by atoms with E-state index in [2.05, 4.69) is 9.72 Å². The number of nitrogens with zero attached hydrogens (tertiary/aromatic N) is 1. The number of aromatic nitrogens is 1. The van der Waals surface area contributed by atoms with Crippen LogP contribution < -0.4 is 4.74 Å². The number of alkyl halides is 3. The molecular weight excluding hydrogens is 247 g/mol. The van der Waals surface area contributed by atoms with Gasteiger partial charge < -0.3 is 4.74 Å². The lowest BCUT2D eigenvalue weighted by atomic mass is 10.0. The molecule has 0 amide bonds. The van der Waals surface area contributed by atoms with Crippen molar-refractivity contribution in [2.45, 2.75) is 26.4 Å². The molecule has 0 spiro atoms. The number of ether oxygens (including phenoxy) is 1. The quantitative estimate of drug-likeness (QED) is 0.780. The molecule has 0 saturated heterocycles. The maximum Gasteiger partial charge on any atom is 0.437 e. The average molecular weight is 261 g/mol. The van der Waals surface area contributed by atoms with Crippen LogP contribution >= 0.6 is 0 Å². The molecule has 100 valence electrons. The van der Waals surface area contributed by atoms with E-state index in [1.54, 1.807) is 0 Å². The van der Waals surface area contributed by atoms with Gasteiger partial charge in [0.2, 0.25) is 0 Å². The van der Waals surface area contributed by atoms with Gasteiger partial charge in [0.25, 0.3) is 0 Å². The summed E-state index contributed by atoms with van der Waals surface area (Å²) in [6.07, 6.45) is -3.39. The lowest BCUT2D eigenvalue weighted by Crippen LogP contribution is -2.12. The van der Waals surface area contributed by atoms with Crippen molar-refractivity contribution in [3.63, 3.8) is 0 Å². The lowest BCUT2D eigenvalue weighted by Gasteiger charge is -2.12. The van der Waals surface area contributed by atoms with E-state index in [0.29, 0.717) is 0 Å². The van der Waals surface area contributed by atoms with Crippen LogP contribution in [-0.4, -0.2) is 17.9 Å². The number of ketones is 1. The van der Waals surface area contributed by atoms with Crippen LogP contribution in [0.15, 0.2) is 12.3 Å². The zero-order chi connectivity index (χ0) is 13.9. The van der Waals surface area contributed by atoms with Gasteiger partial charge in [0.15, 0.2) is 11.5 Å². The van der Waals surface area contributed by atoms with Gasteiger partial charge in [-0.05, 0) is 12.0 Å². The number of hydrogen-bond donors (Lipinski definition) is 0. The topological polar surface area (TPSA) is 39.2 Å². The van der Waals surface area contributed by atoms with Crippen LogP contribution in [0, 0.1) is 5.92 Å². The van der Waals surface area contributed by atoms with Gasteiger partial charge in [-0.2, -0.15) is 13.2 Å². The monoisotopic (exact) mass is 261 g/mol. The molecule has 0 N–H and O–H groups in total. The standard InChI is InChI=1S/C12H14F3NO2/c1-7(2)4-9(17)8-5-10(18-3)11(16-6-8)12(13,14)15/h5-7H,4H2,1-3H3. The van der Waals surface area contributed by atoms with Crippen molar-refractivity contribution >= 4 is 5.78 Å². The molecule has 0 bridgehead atoms. The van der Waals surface area contributed by atoms with E-state index in [1.807, 2.05) is 13.8 Å². The Morgan fingerprint density at radius 2 is 2.06 bits per heavy atom. The Kier molecular flexibility index (Phi) is 4.32. The van der Waals surface area contributed by atoms with Gasteiger partial charge in [-0.15, -0.1) is 0 Å². The number of carbonyl (C=O) groups excluding carboxylic acids is 1. The summed E-state index contributed by atoms with van der Waals surface area (Å²) in [5, 5.41) is 0. The van der Waals surface area contributed by atoms with Crippen LogP contribution in [0.25, 0.3) is 0 Å². The molecule has 0 aliphatic carbocycles. The summed E-state index contributed by atoms with van der Waals surface area (Å²) in [5.74, 6) is -0.549. The van der Waals surface area contributed by atoms with Crippen molar-refractivity contribution in [1.82, 2.24) is 4.98 Å². The Bertz CT molecular complexity index is 441. The van der Waals surface area contributed by atoms with Gasteiger partial charge in [-0.1, -0.05) is 13.8 Å². The molecule has 0 aliphatic heterocycles. The zero-order valence-corrected chi connectivity index (χ0v) is 10.3. The minimum absolute atomic E-state index is 0.130. The summed E-state index contributed by atoms with van der Waals surface area (Å²) >= 11 is 0. The van der Waals surface area contributed by atoms with Gasteiger partial charge in [0, 0.05) is 18.2 Å². The SMILES string of the molecule is COc1cc(C(=O)CC(C)C)cnc1C(F)(F)F. The molecule has 1 aromatic rings. The first-order chi connectivity index (χ1) is 8.25. The summed E-state index contributed by atoms with van der Waals surface area (Å²) in [5.41, 5.74) is -0.986. The molecule has 0 aromatic carbocycles. The van der Waals surface area contributed by atoms with Crippen molar-refractivity contribution in [2.75, 3.05) is 7.11 Å². The number of Topliss-reactive ketones (excluding diaryl/α,β-unsaturated/α-hetero) is 1. The molecule has 0 radical (unpaired) electrons. The molecule has 18 heavy (non-hydrogen) atoms. The van der Waals surface area contributed by atoms with Gasteiger partial charge >= 0.3 is 6.18 Å². The Morgan fingerprint density at radius 1 is 1.44 bits per heavy atom. The molecular formula is C12H14F3NO2. The third-order valence-electron chi connectivity index (χ3n) is 2.26. The second-order valence-corrected chi connectivity index (χ2v) is 4.29. The van der Waals surface area contributed by atoms with Gasteiger partial charge in [-0.3, -0.25) is 4.79 Å². The van der Waals surface area contributed by atoms with E-state index in [-0.39, 0.29) is 23.7 Å². The van der Waals surface area contributed by atoms with Crippen LogP contribution in [0.2, 0.25) is 0 Å². The van der Waals surface area contributed by atoms with E-state index in [9.17, 15) is 18.0 Å². The first kappa shape index (κ1) is 14.5. The highest BCUT2D eigenvalue weighted by Gasteiger charge is 2.36. The number of pyridine rings is 1. The normalized spacial score (nSPS) is 11.7. The number of hydrogen-bond acceptors (Lipinski definition) is 3. The molecule has 0 atom stereocenters. The lowest BCUT2D eigenvalue weighted by molar-refractivity contribution is -0.142. The molecule has 6 heteroatoms. The number of halogens is 3. The van der Waals surface area contributed by atoms with E-state index in [4.69, 9.17) is 0 Å². The maximum atomic E-state index is 12.6. The smallest absolute Gasteiger partial charge is 0.437 e. The summed E-state index contributed by atoms with van der Waals surface area (Å²) in [4.78, 5) is 15.0. The van der Waals surface area contributed by atoms with E-state index >= 15 is 0 Å². The first-order valence-electron chi connectivity index (χ1n) is 5.40. The highest BCUT2D eigenvalue weighted by Crippen LogP contribution is 2.34. The number of rotatable bonds is 4. The van der Waals surface area contributed by atoms with Crippen molar-refractivity contribution < 1.29 is 22.7 Å². The second kappa shape index (κ2) is 5.37. The van der Waals surface area contributed by atoms with Crippen molar-refractivity contribution in [3.05, 3.63) is 23.5 Å². The molecule has 0 saturated carbocycles. The van der Waals surface area contributed by atoms with Crippen LogP contribution in [0.5, 0.6) is 5.75 Å². The van der Waals surface area contributed by atoms with Gasteiger partial charge in [-0.25, -0.2) is 4.98 Å². The molecule has 0 aliphatic rings. The van der Waals surface area contributed by atoms with Crippen molar-refractivity contribution in [3.8, 4) is 5.75 Å². The summed E-state index contributed by atoms with van der Waals surface area (Å²) in [7, 11) is 1.11. The van der Waals surface area contributed by atoms with Crippen molar-refractivity contribution in [2.24, 2.45) is 5.92 Å². The highest BCUT2D eigenvalue weighted by molar-refractivity contribution is 5.96. The largest absolute Gasteiger partial charge is 0.494 e. The molecule has 1 rings (SSSR count). The van der Waals surface area contributed by atoms with Crippen molar-refractivity contribution in [1.29, 1.82) is 0 Å². The predicted molar refractivity (Wildman–Crippen MR) is 59.6 cm³/mol. The Hall–Kier alpha value is -1.59. The Balaban J connectivity index is 3.10.